The van der Waals surface area contributed by atoms with Gasteiger partial charge in [-0.05, 0) is 29.2 Å². The molecule has 3 aromatic carbocycles. The second kappa shape index (κ2) is 9.58. The van der Waals surface area contributed by atoms with E-state index in [2.05, 4.69) is 5.32 Å². The van der Waals surface area contributed by atoms with E-state index in [1.165, 1.54) is 0 Å². The Hall–Kier alpha value is -4.46. The van der Waals surface area contributed by atoms with Gasteiger partial charge in [-0.3, -0.25) is 10.2 Å². The first-order chi connectivity index (χ1) is 16.4. The number of imide groups is 1. The third-order valence-corrected chi connectivity index (χ3v) is 5.91. The van der Waals surface area contributed by atoms with Gasteiger partial charge in [-0.15, -0.1) is 0 Å². The SMILES string of the molecule is N=C(N)c1cccc(C[C@H]2C(=O)N(C(=O)NC(c3ccccc3)c3ccccc3)[C@@H]2C(=O)O)c1. The molecule has 0 saturated carbocycles. The molecule has 8 nitrogen and oxygen atoms in total. The summed E-state index contributed by atoms with van der Waals surface area (Å²) in [7, 11) is 0. The molecule has 172 valence electrons. The number of carboxylic acids is 1. The monoisotopic (exact) mass is 456 g/mol. The first-order valence-corrected chi connectivity index (χ1v) is 10.8. The molecule has 4 rings (SSSR count). The van der Waals surface area contributed by atoms with Crippen LogP contribution >= 0.6 is 0 Å². The molecule has 0 aromatic heterocycles. The second-order valence-corrected chi connectivity index (χ2v) is 8.12. The number of nitrogen functional groups attached to an aromatic ring is 1. The molecule has 3 aromatic rings. The molecule has 3 amide bonds. The topological polar surface area (TPSA) is 137 Å². The van der Waals surface area contributed by atoms with E-state index in [1.807, 2.05) is 60.7 Å². The Kier molecular flexibility index (Phi) is 6.40. The predicted molar refractivity (Wildman–Crippen MR) is 126 cm³/mol. The van der Waals surface area contributed by atoms with Gasteiger partial charge in [-0.1, -0.05) is 78.9 Å². The zero-order valence-electron chi connectivity index (χ0n) is 18.2. The minimum absolute atomic E-state index is 0.120. The molecule has 1 saturated heterocycles. The lowest BCUT2D eigenvalue weighted by molar-refractivity contribution is -0.165. The van der Waals surface area contributed by atoms with Gasteiger partial charge >= 0.3 is 12.0 Å². The molecule has 0 bridgehead atoms. The van der Waals surface area contributed by atoms with Crippen LogP contribution in [0.25, 0.3) is 0 Å². The number of nitrogens with zero attached hydrogens (tertiary/aromatic N) is 1. The molecule has 1 fully saturated rings. The van der Waals surface area contributed by atoms with E-state index in [4.69, 9.17) is 11.1 Å². The average Bonchev–Trinajstić information content (AvgIpc) is 2.85. The van der Waals surface area contributed by atoms with Gasteiger partial charge in [-0.25, -0.2) is 14.5 Å². The fraction of sp³-hybridized carbons (Fsp3) is 0.154. The highest BCUT2D eigenvalue weighted by Gasteiger charge is 2.54. The summed E-state index contributed by atoms with van der Waals surface area (Å²) < 4.78 is 0. The van der Waals surface area contributed by atoms with Crippen molar-refractivity contribution in [1.29, 1.82) is 5.41 Å². The maximum absolute atomic E-state index is 13.1. The predicted octanol–water partition coefficient (Wildman–Crippen LogP) is 2.92. The minimum atomic E-state index is -1.29. The number of likely N-dealkylation sites (tertiary alicyclic amines) is 1. The third-order valence-electron chi connectivity index (χ3n) is 5.91. The number of carboxylic acid groups (broad SMARTS) is 1. The molecule has 1 aliphatic heterocycles. The van der Waals surface area contributed by atoms with Gasteiger partial charge in [0.05, 0.1) is 12.0 Å². The average molecular weight is 457 g/mol. The Morgan fingerprint density at radius 2 is 1.56 bits per heavy atom. The largest absolute Gasteiger partial charge is 0.480 e. The van der Waals surface area contributed by atoms with Crippen molar-refractivity contribution in [3.63, 3.8) is 0 Å². The summed E-state index contributed by atoms with van der Waals surface area (Å²) in [6.45, 7) is 0. The highest BCUT2D eigenvalue weighted by Crippen LogP contribution is 2.32. The number of β-lactam (4-membered cyclic amide) rings is 1. The number of hydrogen-bond acceptors (Lipinski definition) is 4. The van der Waals surface area contributed by atoms with Gasteiger partial charge in [0, 0.05) is 5.56 Å². The van der Waals surface area contributed by atoms with E-state index in [1.54, 1.807) is 24.3 Å². The zero-order chi connectivity index (χ0) is 24.2. The molecule has 5 N–H and O–H groups in total. The van der Waals surface area contributed by atoms with Gasteiger partial charge in [0.15, 0.2) is 6.04 Å². The molecular weight excluding hydrogens is 432 g/mol. The highest BCUT2D eigenvalue weighted by atomic mass is 16.4. The Bertz CT molecular complexity index is 1190. The van der Waals surface area contributed by atoms with Crippen molar-refractivity contribution in [2.75, 3.05) is 0 Å². The molecule has 0 unspecified atom stereocenters. The van der Waals surface area contributed by atoms with E-state index in [9.17, 15) is 19.5 Å². The van der Waals surface area contributed by atoms with Gasteiger partial charge in [0.2, 0.25) is 5.91 Å². The maximum atomic E-state index is 13.1. The Morgan fingerprint density at radius 1 is 0.971 bits per heavy atom. The third kappa shape index (κ3) is 4.52. The molecule has 0 aliphatic carbocycles. The van der Waals surface area contributed by atoms with Crippen molar-refractivity contribution in [2.45, 2.75) is 18.5 Å². The van der Waals surface area contributed by atoms with Crippen molar-refractivity contribution in [2.24, 2.45) is 11.7 Å². The number of carbonyl (C=O) groups excluding carboxylic acids is 2. The van der Waals surface area contributed by atoms with Crippen molar-refractivity contribution in [1.82, 2.24) is 10.2 Å². The van der Waals surface area contributed by atoms with Crippen LogP contribution in [0.2, 0.25) is 0 Å². The normalized spacial score (nSPS) is 17.2. The summed E-state index contributed by atoms with van der Waals surface area (Å²) in [4.78, 5) is 38.9. The zero-order valence-corrected chi connectivity index (χ0v) is 18.2. The van der Waals surface area contributed by atoms with Crippen LogP contribution in [0.3, 0.4) is 0 Å². The number of nitrogens with two attached hydrogens (primary N) is 1. The summed E-state index contributed by atoms with van der Waals surface area (Å²) >= 11 is 0. The van der Waals surface area contributed by atoms with Gasteiger partial charge < -0.3 is 16.2 Å². The smallest absolute Gasteiger partial charge is 0.327 e. The van der Waals surface area contributed by atoms with E-state index < -0.39 is 35.9 Å². The summed E-state index contributed by atoms with van der Waals surface area (Å²) in [5.74, 6) is -2.82. The van der Waals surface area contributed by atoms with Crippen LogP contribution in [-0.2, 0) is 16.0 Å². The van der Waals surface area contributed by atoms with Gasteiger partial charge in [0.25, 0.3) is 0 Å². The number of rotatable bonds is 7. The lowest BCUT2D eigenvalue weighted by atomic mass is 9.82. The molecule has 1 heterocycles. The summed E-state index contributed by atoms with van der Waals surface area (Å²) in [5.41, 5.74) is 8.29. The maximum Gasteiger partial charge on any atom is 0.327 e. The Balaban J connectivity index is 1.55. The summed E-state index contributed by atoms with van der Waals surface area (Å²) in [6, 6.07) is 22.7. The van der Waals surface area contributed by atoms with Crippen molar-refractivity contribution >= 4 is 23.7 Å². The Morgan fingerprint density at radius 3 is 2.09 bits per heavy atom. The number of amidine groups is 1. The van der Waals surface area contributed by atoms with Crippen LogP contribution < -0.4 is 11.1 Å². The van der Waals surface area contributed by atoms with Gasteiger partial charge in [-0.2, -0.15) is 0 Å². The van der Waals surface area contributed by atoms with Crippen LogP contribution in [0.1, 0.15) is 28.3 Å². The number of carbonyl (C=O) groups is 3. The standard InChI is InChI=1S/C26H24N4O4/c27-23(28)19-13-7-8-16(14-19)15-20-22(25(32)33)30(24(20)31)26(34)29-21(17-9-3-1-4-10-17)18-11-5-2-6-12-18/h1-14,20-22H,15H2,(H3,27,28)(H,29,34)(H,32,33)/t20-,22+/m1/s1. The number of amides is 3. The summed E-state index contributed by atoms with van der Waals surface area (Å²) in [6.07, 6.45) is 0.126. The van der Waals surface area contributed by atoms with Crippen LogP contribution in [-0.4, -0.2) is 39.8 Å². The summed E-state index contributed by atoms with van der Waals surface area (Å²) in [5, 5.41) is 20.2. The van der Waals surface area contributed by atoms with Crippen molar-refractivity contribution in [3.8, 4) is 0 Å². The molecule has 1 aliphatic rings. The molecule has 0 radical (unpaired) electrons. The highest BCUT2D eigenvalue weighted by molar-refractivity contribution is 6.07. The van der Waals surface area contributed by atoms with E-state index in [0.717, 1.165) is 16.0 Å². The molecule has 0 spiro atoms. The lowest BCUT2D eigenvalue weighted by Gasteiger charge is -2.43. The second-order valence-electron chi connectivity index (χ2n) is 8.12. The fourth-order valence-electron chi connectivity index (χ4n) is 4.22. The van der Waals surface area contributed by atoms with Crippen molar-refractivity contribution in [3.05, 3.63) is 107 Å². The fourth-order valence-corrected chi connectivity index (χ4v) is 4.22. The molecule has 8 heteroatoms. The van der Waals surface area contributed by atoms with E-state index in [-0.39, 0.29) is 12.3 Å². The number of aliphatic carboxylic acids is 1. The van der Waals surface area contributed by atoms with Crippen LogP contribution in [0.15, 0.2) is 84.9 Å². The first-order valence-electron chi connectivity index (χ1n) is 10.8. The molecular formula is C26H24N4O4. The van der Waals surface area contributed by atoms with E-state index >= 15 is 0 Å². The van der Waals surface area contributed by atoms with Crippen molar-refractivity contribution < 1.29 is 19.5 Å². The lowest BCUT2D eigenvalue weighted by Crippen LogP contribution is -2.68. The number of benzene rings is 3. The molecule has 34 heavy (non-hydrogen) atoms. The van der Waals surface area contributed by atoms with Crippen LogP contribution in [0.5, 0.6) is 0 Å². The minimum Gasteiger partial charge on any atom is -0.480 e. The molecule has 2 atom stereocenters. The number of nitrogens with one attached hydrogen (secondary N) is 2. The quantitative estimate of drug-likeness (QED) is 0.246. The first kappa shape index (κ1) is 22.7. The van der Waals surface area contributed by atoms with Crippen LogP contribution in [0.4, 0.5) is 4.79 Å². The Labute approximate surface area is 196 Å². The van der Waals surface area contributed by atoms with Crippen LogP contribution in [0, 0.1) is 11.3 Å². The van der Waals surface area contributed by atoms with E-state index in [0.29, 0.717) is 11.1 Å². The van der Waals surface area contributed by atoms with Gasteiger partial charge in [0.1, 0.15) is 5.84 Å². The number of hydrogen-bond donors (Lipinski definition) is 4. The number of urea groups is 1.